The van der Waals surface area contributed by atoms with Gasteiger partial charge in [0, 0.05) is 25.6 Å². The third-order valence-electron chi connectivity index (χ3n) is 1.71. The fourth-order valence-corrected chi connectivity index (χ4v) is 1.05. The number of carbonyl (C=O) groups is 1. The van der Waals surface area contributed by atoms with Gasteiger partial charge in [-0.15, -0.1) is 0 Å². The van der Waals surface area contributed by atoms with Crippen molar-refractivity contribution < 1.29 is 14.4 Å². The van der Waals surface area contributed by atoms with Gasteiger partial charge in [-0.1, -0.05) is 10.7 Å². The summed E-state index contributed by atoms with van der Waals surface area (Å²) in [5, 5.41) is 15.2. The maximum Gasteiger partial charge on any atom is 0.328 e. The number of nitrogens with one attached hydrogen (secondary N) is 1. The Morgan fingerprint density at radius 3 is 3.13 bits per heavy atom. The molecule has 0 aromatic carbocycles. The maximum absolute atomic E-state index is 10.3. The van der Waals surface area contributed by atoms with Crippen LogP contribution < -0.4 is 5.32 Å². The highest BCUT2D eigenvalue weighted by Crippen LogP contribution is 1.91. The molecule has 0 radical (unpaired) electrons. The first kappa shape index (κ1) is 11.4. The van der Waals surface area contributed by atoms with Crippen LogP contribution in [0.1, 0.15) is 12.7 Å². The number of aliphatic carboxylic acids is 1. The molecule has 0 spiro atoms. The zero-order valence-corrected chi connectivity index (χ0v) is 8.43. The number of carboxylic acids is 1. The molecular weight excluding hydrogens is 198 g/mol. The molecule has 82 valence electrons. The van der Waals surface area contributed by atoms with Gasteiger partial charge in [-0.25, -0.2) is 4.79 Å². The van der Waals surface area contributed by atoms with Crippen LogP contribution in [0, 0.1) is 0 Å². The van der Waals surface area contributed by atoms with Crippen LogP contribution in [0.3, 0.4) is 0 Å². The molecule has 1 aromatic heterocycles. The van der Waals surface area contributed by atoms with Crippen LogP contribution in [0.25, 0.3) is 0 Å². The summed E-state index contributed by atoms with van der Waals surface area (Å²) < 4.78 is 4.57. The number of aromatic nitrogens is 2. The van der Waals surface area contributed by atoms with E-state index in [0.29, 0.717) is 25.3 Å². The molecule has 0 aliphatic heterocycles. The van der Waals surface area contributed by atoms with E-state index in [1.54, 1.807) is 6.92 Å². The number of hydrogen-bond acceptors (Lipinski definition) is 5. The number of nitrogens with zero attached hydrogens (tertiary/aromatic N) is 2. The topological polar surface area (TPSA) is 88.2 Å². The minimum absolute atomic E-state index is 0.546. The van der Waals surface area contributed by atoms with Gasteiger partial charge in [0.1, 0.15) is 0 Å². The molecule has 0 fully saturated rings. The van der Waals surface area contributed by atoms with Gasteiger partial charge < -0.3 is 14.9 Å². The normalized spacial score (nSPS) is 11.7. The van der Waals surface area contributed by atoms with Gasteiger partial charge in [0.25, 0.3) is 0 Å². The Bertz CT molecular complexity index is 332. The van der Waals surface area contributed by atoms with Crippen LogP contribution in [0.5, 0.6) is 0 Å². The van der Waals surface area contributed by atoms with Crippen molar-refractivity contribution in [1.29, 1.82) is 0 Å². The van der Waals surface area contributed by atoms with Gasteiger partial charge in [0.15, 0.2) is 5.82 Å². The highest BCUT2D eigenvalue weighted by Gasteiger charge is 1.98. The molecule has 6 heteroatoms. The Kier molecular flexibility index (Phi) is 4.49. The van der Waals surface area contributed by atoms with Crippen molar-refractivity contribution in [1.82, 2.24) is 15.5 Å². The highest BCUT2D eigenvalue weighted by atomic mass is 16.5. The van der Waals surface area contributed by atoms with Gasteiger partial charge in [-0.05, 0) is 6.92 Å². The molecule has 2 N–H and O–H groups in total. The lowest BCUT2D eigenvalue weighted by Gasteiger charge is -2.01. The van der Waals surface area contributed by atoms with Gasteiger partial charge in [-0.2, -0.15) is 4.98 Å². The molecule has 0 amide bonds. The van der Waals surface area contributed by atoms with E-state index in [2.05, 4.69) is 20.0 Å². The molecule has 0 aliphatic rings. The number of hydrogen-bond donors (Lipinski definition) is 2. The molecule has 0 bridgehead atoms. The second-order valence-electron chi connectivity index (χ2n) is 3.10. The summed E-state index contributed by atoms with van der Waals surface area (Å²) in [4.78, 5) is 14.1. The molecule has 0 atom stereocenters. The van der Waals surface area contributed by atoms with E-state index < -0.39 is 5.97 Å². The fraction of sp³-hybridized carbons (Fsp3) is 0.444. The van der Waals surface area contributed by atoms with E-state index in [9.17, 15) is 4.79 Å². The van der Waals surface area contributed by atoms with E-state index in [1.807, 2.05) is 0 Å². The van der Waals surface area contributed by atoms with Crippen LogP contribution in [-0.2, 0) is 11.2 Å². The Balaban J connectivity index is 2.14. The van der Waals surface area contributed by atoms with Crippen molar-refractivity contribution in [2.24, 2.45) is 0 Å². The summed E-state index contributed by atoms with van der Waals surface area (Å²) in [7, 11) is 0. The monoisotopic (exact) mass is 211 g/mol. The van der Waals surface area contributed by atoms with Crippen molar-refractivity contribution in [3.8, 4) is 0 Å². The molecule has 15 heavy (non-hydrogen) atoms. The standard InChI is InChI=1S/C9H13N3O3/c1-7(4-9(13)14)5-10-3-2-8-11-6-15-12-8/h4,6,10H,2-3,5H2,1H3,(H,13,14). The van der Waals surface area contributed by atoms with Gasteiger partial charge in [0.05, 0.1) is 0 Å². The summed E-state index contributed by atoms with van der Waals surface area (Å²) in [6.45, 7) is 2.99. The van der Waals surface area contributed by atoms with Crippen LogP contribution in [0.15, 0.2) is 22.6 Å². The molecule has 6 nitrogen and oxygen atoms in total. The third-order valence-corrected chi connectivity index (χ3v) is 1.71. The van der Waals surface area contributed by atoms with Crippen LogP contribution in [0.4, 0.5) is 0 Å². The van der Waals surface area contributed by atoms with E-state index in [1.165, 1.54) is 12.5 Å². The Morgan fingerprint density at radius 1 is 1.73 bits per heavy atom. The molecular formula is C9H13N3O3. The second kappa shape index (κ2) is 5.92. The minimum atomic E-state index is -0.924. The van der Waals surface area contributed by atoms with Crippen molar-refractivity contribution in [2.75, 3.05) is 13.1 Å². The number of carboxylic acid groups (broad SMARTS) is 1. The van der Waals surface area contributed by atoms with Crippen molar-refractivity contribution >= 4 is 5.97 Å². The zero-order valence-electron chi connectivity index (χ0n) is 8.43. The lowest BCUT2D eigenvalue weighted by atomic mass is 10.3. The fourth-order valence-electron chi connectivity index (χ4n) is 1.05. The van der Waals surface area contributed by atoms with Crippen molar-refractivity contribution in [2.45, 2.75) is 13.3 Å². The molecule has 0 saturated carbocycles. The van der Waals surface area contributed by atoms with E-state index in [0.717, 1.165) is 5.57 Å². The van der Waals surface area contributed by atoms with Crippen molar-refractivity contribution in [3.63, 3.8) is 0 Å². The van der Waals surface area contributed by atoms with Gasteiger partial charge in [0.2, 0.25) is 6.39 Å². The molecule has 0 aliphatic carbocycles. The summed E-state index contributed by atoms with van der Waals surface area (Å²) in [5.41, 5.74) is 0.774. The lowest BCUT2D eigenvalue weighted by Crippen LogP contribution is -2.20. The third kappa shape index (κ3) is 4.92. The molecule has 1 heterocycles. The quantitative estimate of drug-likeness (QED) is 0.517. The van der Waals surface area contributed by atoms with Gasteiger partial charge >= 0.3 is 5.97 Å². The predicted molar refractivity (Wildman–Crippen MR) is 52.3 cm³/mol. The highest BCUT2D eigenvalue weighted by molar-refractivity contribution is 5.80. The average molecular weight is 211 g/mol. The molecule has 0 saturated heterocycles. The first-order chi connectivity index (χ1) is 7.18. The summed E-state index contributed by atoms with van der Waals surface area (Å²) >= 11 is 0. The summed E-state index contributed by atoms with van der Waals surface area (Å²) in [5.74, 6) is -0.283. The summed E-state index contributed by atoms with van der Waals surface area (Å²) in [6, 6.07) is 0. The second-order valence-corrected chi connectivity index (χ2v) is 3.10. The smallest absolute Gasteiger partial charge is 0.328 e. The largest absolute Gasteiger partial charge is 0.478 e. The van der Waals surface area contributed by atoms with E-state index >= 15 is 0 Å². The Labute approximate surface area is 87.0 Å². The zero-order chi connectivity index (χ0) is 11.1. The Hall–Kier alpha value is -1.69. The predicted octanol–water partition coefficient (Wildman–Crippen LogP) is 0.233. The molecule has 0 unspecified atom stereocenters. The maximum atomic E-state index is 10.3. The molecule has 1 aromatic rings. The Morgan fingerprint density at radius 2 is 2.53 bits per heavy atom. The van der Waals surface area contributed by atoms with Crippen LogP contribution in [0.2, 0.25) is 0 Å². The van der Waals surface area contributed by atoms with Crippen LogP contribution >= 0.6 is 0 Å². The van der Waals surface area contributed by atoms with Crippen LogP contribution in [-0.4, -0.2) is 34.3 Å². The van der Waals surface area contributed by atoms with Crippen molar-refractivity contribution in [3.05, 3.63) is 23.9 Å². The number of rotatable bonds is 6. The lowest BCUT2D eigenvalue weighted by molar-refractivity contribution is -0.131. The SMILES string of the molecule is CC(=CC(=O)O)CNCCc1ncon1. The van der Waals surface area contributed by atoms with E-state index in [4.69, 9.17) is 5.11 Å². The molecule has 1 rings (SSSR count). The first-order valence-electron chi connectivity index (χ1n) is 4.54. The summed E-state index contributed by atoms with van der Waals surface area (Å²) in [6.07, 6.45) is 3.13. The average Bonchev–Trinajstić information content (AvgIpc) is 2.63. The van der Waals surface area contributed by atoms with Gasteiger partial charge in [-0.3, -0.25) is 0 Å². The first-order valence-corrected chi connectivity index (χ1v) is 4.54. The van der Waals surface area contributed by atoms with E-state index in [-0.39, 0.29) is 0 Å². The minimum Gasteiger partial charge on any atom is -0.478 e.